The second-order valence-electron chi connectivity index (χ2n) is 6.95. The SMILES string of the molecule is C[C@]12CCC(=O)N1[C@@H](C(=O)OCC(=O)Nc1cccc3ccccc13)CS2. The van der Waals surface area contributed by atoms with Gasteiger partial charge in [-0.05, 0) is 24.8 Å². The number of esters is 1. The lowest BCUT2D eigenvalue weighted by Gasteiger charge is -2.29. The molecule has 2 amide bonds. The molecular formula is C20H20N2O4S. The first-order chi connectivity index (χ1) is 13.0. The van der Waals surface area contributed by atoms with Crippen LogP contribution >= 0.6 is 11.8 Å². The molecule has 0 spiro atoms. The molecule has 0 aliphatic carbocycles. The van der Waals surface area contributed by atoms with E-state index in [1.807, 2.05) is 49.4 Å². The van der Waals surface area contributed by atoms with E-state index in [0.717, 1.165) is 17.2 Å². The van der Waals surface area contributed by atoms with E-state index < -0.39 is 17.9 Å². The lowest BCUT2D eigenvalue weighted by Crippen LogP contribution is -2.47. The van der Waals surface area contributed by atoms with Gasteiger partial charge in [0.15, 0.2) is 6.61 Å². The maximum atomic E-state index is 12.4. The van der Waals surface area contributed by atoms with E-state index in [2.05, 4.69) is 5.32 Å². The molecule has 2 aliphatic rings. The van der Waals surface area contributed by atoms with Crippen LogP contribution in [0.5, 0.6) is 0 Å². The molecule has 0 aromatic heterocycles. The molecule has 1 N–H and O–H groups in total. The van der Waals surface area contributed by atoms with Crippen molar-refractivity contribution < 1.29 is 19.1 Å². The Morgan fingerprint density at radius 1 is 1.26 bits per heavy atom. The fraction of sp³-hybridized carbons (Fsp3) is 0.350. The first kappa shape index (κ1) is 17.9. The van der Waals surface area contributed by atoms with E-state index >= 15 is 0 Å². The third-order valence-electron chi connectivity index (χ3n) is 5.13. The van der Waals surface area contributed by atoms with Gasteiger partial charge < -0.3 is 15.0 Å². The Labute approximate surface area is 161 Å². The fourth-order valence-electron chi connectivity index (χ4n) is 3.75. The van der Waals surface area contributed by atoms with Crippen LogP contribution in [0.1, 0.15) is 19.8 Å². The van der Waals surface area contributed by atoms with E-state index in [9.17, 15) is 14.4 Å². The van der Waals surface area contributed by atoms with Gasteiger partial charge in [0.2, 0.25) is 5.91 Å². The van der Waals surface area contributed by atoms with Gasteiger partial charge in [0.05, 0.1) is 4.87 Å². The predicted octanol–water partition coefficient (Wildman–Crippen LogP) is 2.78. The van der Waals surface area contributed by atoms with Gasteiger partial charge >= 0.3 is 5.97 Å². The van der Waals surface area contributed by atoms with Crippen LogP contribution in [0, 0.1) is 0 Å². The van der Waals surface area contributed by atoms with Gasteiger partial charge in [-0.1, -0.05) is 36.4 Å². The number of carbonyl (C=O) groups is 3. The number of nitrogens with one attached hydrogen (secondary N) is 1. The van der Waals surface area contributed by atoms with Crippen molar-refractivity contribution in [2.45, 2.75) is 30.7 Å². The molecule has 2 heterocycles. The van der Waals surface area contributed by atoms with Crippen molar-refractivity contribution in [3.05, 3.63) is 42.5 Å². The second-order valence-corrected chi connectivity index (χ2v) is 8.45. The predicted molar refractivity (Wildman–Crippen MR) is 104 cm³/mol. The van der Waals surface area contributed by atoms with Crippen molar-refractivity contribution in [3.8, 4) is 0 Å². The molecule has 0 unspecified atom stereocenters. The van der Waals surface area contributed by atoms with E-state index in [1.54, 1.807) is 16.7 Å². The molecule has 140 valence electrons. The molecule has 0 radical (unpaired) electrons. The van der Waals surface area contributed by atoms with E-state index in [4.69, 9.17) is 4.74 Å². The summed E-state index contributed by atoms with van der Waals surface area (Å²) in [5.74, 6) is -0.438. The first-order valence-corrected chi connectivity index (χ1v) is 9.87. The zero-order valence-electron chi connectivity index (χ0n) is 14.9. The highest BCUT2D eigenvalue weighted by atomic mass is 32.2. The van der Waals surface area contributed by atoms with Crippen LogP contribution in [0.15, 0.2) is 42.5 Å². The molecule has 2 aromatic rings. The van der Waals surface area contributed by atoms with Gasteiger partial charge in [0.25, 0.3) is 5.91 Å². The Morgan fingerprint density at radius 2 is 2.04 bits per heavy atom. The molecule has 2 atom stereocenters. The number of nitrogens with zero attached hydrogens (tertiary/aromatic N) is 1. The molecule has 27 heavy (non-hydrogen) atoms. The van der Waals surface area contributed by atoms with Gasteiger partial charge in [-0.3, -0.25) is 9.59 Å². The van der Waals surface area contributed by atoms with E-state index in [-0.39, 0.29) is 17.4 Å². The molecule has 2 aromatic carbocycles. The fourth-order valence-corrected chi connectivity index (χ4v) is 5.17. The quantitative estimate of drug-likeness (QED) is 0.821. The molecule has 6 nitrogen and oxygen atoms in total. The smallest absolute Gasteiger partial charge is 0.330 e. The van der Waals surface area contributed by atoms with Crippen molar-refractivity contribution in [2.75, 3.05) is 17.7 Å². The molecule has 2 aliphatic heterocycles. The first-order valence-electron chi connectivity index (χ1n) is 8.88. The number of ether oxygens (including phenoxy) is 1. The third kappa shape index (κ3) is 3.27. The van der Waals surface area contributed by atoms with Gasteiger partial charge in [-0.15, -0.1) is 11.8 Å². The topological polar surface area (TPSA) is 75.7 Å². The Balaban J connectivity index is 1.38. The summed E-state index contributed by atoms with van der Waals surface area (Å²) in [6.45, 7) is 1.60. The molecule has 0 saturated carbocycles. The van der Waals surface area contributed by atoms with Crippen molar-refractivity contribution in [1.82, 2.24) is 4.90 Å². The molecule has 0 bridgehead atoms. The number of rotatable bonds is 4. The lowest BCUT2D eigenvalue weighted by atomic mass is 10.1. The standard InChI is InChI=1S/C20H20N2O4S/c1-20-10-9-18(24)22(20)16(12-27-20)19(25)26-11-17(23)21-15-8-4-6-13-5-2-3-7-14(13)15/h2-8,16H,9-12H2,1H3,(H,21,23)/t16-,20+/m1/s1. The van der Waals surface area contributed by atoms with Crippen molar-refractivity contribution in [1.29, 1.82) is 0 Å². The van der Waals surface area contributed by atoms with Crippen LogP contribution in [0.2, 0.25) is 0 Å². The minimum absolute atomic E-state index is 0.0235. The Kier molecular flexibility index (Phi) is 4.55. The highest BCUT2D eigenvalue weighted by Crippen LogP contribution is 2.47. The van der Waals surface area contributed by atoms with E-state index in [0.29, 0.717) is 17.9 Å². The molecule has 2 fully saturated rings. The van der Waals surface area contributed by atoms with Crippen molar-refractivity contribution >= 4 is 46.0 Å². The van der Waals surface area contributed by atoms with Crippen LogP contribution in [-0.2, 0) is 19.1 Å². The maximum absolute atomic E-state index is 12.4. The molecular weight excluding hydrogens is 364 g/mol. The Hall–Kier alpha value is -2.54. The van der Waals surface area contributed by atoms with Crippen LogP contribution in [0.25, 0.3) is 10.8 Å². The van der Waals surface area contributed by atoms with Crippen molar-refractivity contribution in [3.63, 3.8) is 0 Å². The normalized spacial score (nSPS) is 24.1. The maximum Gasteiger partial charge on any atom is 0.330 e. The number of hydrogen-bond acceptors (Lipinski definition) is 5. The number of hydrogen-bond donors (Lipinski definition) is 1. The number of anilines is 1. The van der Waals surface area contributed by atoms with Crippen LogP contribution in [0.4, 0.5) is 5.69 Å². The summed E-state index contributed by atoms with van der Waals surface area (Å²) in [5.41, 5.74) is 0.674. The summed E-state index contributed by atoms with van der Waals surface area (Å²) in [5, 5.41) is 4.73. The number of thioether (sulfide) groups is 1. The van der Waals surface area contributed by atoms with Crippen LogP contribution in [-0.4, -0.2) is 46.0 Å². The Bertz CT molecular complexity index is 926. The van der Waals surface area contributed by atoms with Crippen LogP contribution in [0.3, 0.4) is 0 Å². The molecule has 2 saturated heterocycles. The monoisotopic (exact) mass is 384 g/mol. The summed E-state index contributed by atoms with van der Waals surface area (Å²) < 4.78 is 5.22. The summed E-state index contributed by atoms with van der Waals surface area (Å²) in [7, 11) is 0. The Morgan fingerprint density at radius 3 is 2.89 bits per heavy atom. The van der Waals surface area contributed by atoms with Crippen LogP contribution < -0.4 is 5.32 Å². The molecule has 7 heteroatoms. The van der Waals surface area contributed by atoms with Gasteiger partial charge in [0.1, 0.15) is 6.04 Å². The number of benzene rings is 2. The minimum Gasteiger partial charge on any atom is -0.454 e. The summed E-state index contributed by atoms with van der Waals surface area (Å²) in [6.07, 6.45) is 1.19. The van der Waals surface area contributed by atoms with Gasteiger partial charge in [-0.2, -0.15) is 0 Å². The second kappa shape index (κ2) is 6.88. The van der Waals surface area contributed by atoms with Gasteiger partial charge in [-0.25, -0.2) is 4.79 Å². The van der Waals surface area contributed by atoms with Crippen molar-refractivity contribution in [2.24, 2.45) is 0 Å². The third-order valence-corrected chi connectivity index (χ3v) is 6.63. The number of fused-ring (bicyclic) bond motifs is 2. The number of carbonyl (C=O) groups excluding carboxylic acids is 3. The average molecular weight is 384 g/mol. The number of amides is 2. The zero-order chi connectivity index (χ0) is 19.0. The minimum atomic E-state index is -0.611. The summed E-state index contributed by atoms with van der Waals surface area (Å²) in [6, 6.07) is 12.7. The van der Waals surface area contributed by atoms with E-state index in [1.165, 1.54) is 0 Å². The molecule has 4 rings (SSSR count). The lowest BCUT2D eigenvalue weighted by molar-refractivity contribution is -0.155. The van der Waals surface area contributed by atoms with Gasteiger partial charge in [0, 0.05) is 23.2 Å². The largest absolute Gasteiger partial charge is 0.454 e. The highest BCUT2D eigenvalue weighted by molar-refractivity contribution is 8.01. The zero-order valence-corrected chi connectivity index (χ0v) is 15.8. The highest BCUT2D eigenvalue weighted by Gasteiger charge is 2.53. The average Bonchev–Trinajstić information content (AvgIpc) is 3.16. The summed E-state index contributed by atoms with van der Waals surface area (Å²) in [4.78, 5) is 38.1. The summed E-state index contributed by atoms with van der Waals surface area (Å²) >= 11 is 1.60.